The van der Waals surface area contributed by atoms with E-state index in [1.54, 1.807) is 37.3 Å². The number of aromatic nitrogens is 2. The second-order valence-electron chi connectivity index (χ2n) is 13.5. The zero-order chi connectivity index (χ0) is 44.0. The lowest BCUT2D eigenvalue weighted by molar-refractivity contribution is -0.395. The molecule has 3 heterocycles. The van der Waals surface area contributed by atoms with E-state index in [4.69, 9.17) is 24.0 Å². The third-order valence-electron chi connectivity index (χ3n) is 9.82. The van der Waals surface area contributed by atoms with Crippen LogP contribution in [-0.4, -0.2) is 67.2 Å². The van der Waals surface area contributed by atoms with Crippen LogP contribution in [0.2, 0.25) is 0 Å². The molecule has 61 heavy (non-hydrogen) atoms. The first-order valence-electron chi connectivity index (χ1n) is 17.9. The molecule has 24 heteroatoms. The standard InChI is InChI=1S/C37H26BN7O16/c1-3-30(22-12-29-33-18(13-41(29)35(47)25(22)14-58-15-46)6-17-7-21(59-37(38)49)4-5-26(17)39-33)60-36(48)16(2)61-40-34-23-8-19(42(50)51)10-27(44(54)55)31(23)32-24(34)9-20(43(52)53)11-28(32)45(56)57/h4-12,15-16,30H,3,13-14,38H2,1-2H3/t16-,30-/m0/s1. The minimum absolute atomic E-state index is 0.0237. The molecule has 2 aliphatic rings. The number of nitro groups is 4. The van der Waals surface area contributed by atoms with Crippen LogP contribution in [0.1, 0.15) is 54.2 Å². The molecule has 3 aromatic carbocycles. The van der Waals surface area contributed by atoms with E-state index in [9.17, 15) is 59.6 Å². The molecule has 2 aromatic heterocycles. The Morgan fingerprint density at radius 2 is 1.54 bits per heavy atom. The van der Waals surface area contributed by atoms with E-state index in [1.165, 1.54) is 19.3 Å². The summed E-state index contributed by atoms with van der Waals surface area (Å²) < 4.78 is 17.4. The Labute approximate surface area is 340 Å². The fourth-order valence-electron chi connectivity index (χ4n) is 7.19. The summed E-state index contributed by atoms with van der Waals surface area (Å²) in [5.41, 5.74) is -4.40. The number of oxime groups is 1. The Kier molecular flexibility index (Phi) is 10.5. The largest absolute Gasteiger partial charge is 0.463 e. The molecule has 0 radical (unpaired) electrons. The highest BCUT2D eigenvalue weighted by atomic mass is 16.7. The minimum atomic E-state index is -1.65. The highest BCUT2D eigenvalue weighted by Crippen LogP contribution is 2.50. The SMILES string of the molecule is BC(=O)Oc1ccc2nc3c(cc2c1)Cn1c-3cc([C@H](CC)OC(=O)[C@H](C)ON=C2c3cc([N+](=O)[O-])cc([N+](=O)[O-])c3-c3c2cc([N+](=O)[O-])cc3[N+](=O)[O-])c(COC=O)c1=O. The van der Waals surface area contributed by atoms with Crippen molar-refractivity contribution in [2.75, 3.05) is 0 Å². The topological polar surface area (TPSA) is 308 Å². The van der Waals surface area contributed by atoms with Crippen LogP contribution in [0.15, 0.2) is 64.5 Å². The summed E-state index contributed by atoms with van der Waals surface area (Å²) >= 11 is 0. The Morgan fingerprint density at radius 1 is 0.918 bits per heavy atom. The number of ether oxygens (including phenoxy) is 3. The van der Waals surface area contributed by atoms with Crippen molar-refractivity contribution in [1.82, 2.24) is 9.55 Å². The molecule has 1 aliphatic heterocycles. The van der Waals surface area contributed by atoms with Gasteiger partial charge in [-0.1, -0.05) is 12.1 Å². The number of carbonyl (C=O) groups is 3. The second-order valence-corrected chi connectivity index (χ2v) is 13.5. The van der Waals surface area contributed by atoms with E-state index in [-0.39, 0.29) is 30.6 Å². The van der Waals surface area contributed by atoms with Crippen LogP contribution in [0, 0.1) is 40.5 Å². The molecule has 0 spiro atoms. The fraction of sp³-hybridized carbons (Fsp3) is 0.189. The summed E-state index contributed by atoms with van der Waals surface area (Å²) in [5, 5.41) is 52.4. The van der Waals surface area contributed by atoms with Crippen LogP contribution < -0.4 is 10.3 Å². The van der Waals surface area contributed by atoms with Gasteiger partial charge in [0.1, 0.15) is 24.2 Å². The zero-order valence-corrected chi connectivity index (χ0v) is 31.7. The maximum absolute atomic E-state index is 14.0. The van der Waals surface area contributed by atoms with Gasteiger partial charge in [0.05, 0.1) is 72.0 Å². The molecule has 0 N–H and O–H groups in total. The number of nitrogens with zero attached hydrogens (tertiary/aromatic N) is 7. The monoisotopic (exact) mass is 835 g/mol. The number of esters is 1. The first-order chi connectivity index (χ1) is 29.0. The summed E-state index contributed by atoms with van der Waals surface area (Å²) in [5.74, 6) is -1.32. The molecule has 23 nitrogen and oxygen atoms in total. The average Bonchev–Trinajstić information content (AvgIpc) is 3.73. The van der Waals surface area contributed by atoms with E-state index in [1.807, 2.05) is 0 Å². The second kappa shape index (κ2) is 15.7. The molecule has 2 atom stereocenters. The molecule has 0 saturated heterocycles. The quantitative estimate of drug-likeness (QED) is 0.0471. The third kappa shape index (κ3) is 7.32. The van der Waals surface area contributed by atoms with E-state index in [0.717, 1.165) is 12.1 Å². The number of non-ortho nitro benzene ring substituents is 2. The van der Waals surface area contributed by atoms with Crippen LogP contribution >= 0.6 is 0 Å². The summed E-state index contributed by atoms with van der Waals surface area (Å²) in [6.07, 6.45) is -2.77. The van der Waals surface area contributed by atoms with E-state index >= 15 is 0 Å². The Bertz CT molecular complexity index is 2830. The van der Waals surface area contributed by atoms with Gasteiger partial charge in [0, 0.05) is 39.8 Å². The van der Waals surface area contributed by atoms with E-state index in [2.05, 4.69) is 5.16 Å². The van der Waals surface area contributed by atoms with Crippen molar-refractivity contribution in [3.63, 3.8) is 0 Å². The van der Waals surface area contributed by atoms with Crippen LogP contribution in [-0.2, 0) is 37.1 Å². The smallest absolute Gasteiger partial charge is 0.350 e. The van der Waals surface area contributed by atoms with Gasteiger partial charge in [0.15, 0.2) is 0 Å². The van der Waals surface area contributed by atoms with Gasteiger partial charge in [-0.2, -0.15) is 0 Å². The summed E-state index contributed by atoms with van der Waals surface area (Å²) in [7, 11) is 1.26. The van der Waals surface area contributed by atoms with Crippen molar-refractivity contribution in [3.05, 3.63) is 133 Å². The number of pyridine rings is 2. The number of carbonyl (C=O) groups excluding carboxylic acids is 3. The van der Waals surface area contributed by atoms with Gasteiger partial charge < -0.3 is 23.6 Å². The number of hydrogen-bond donors (Lipinski definition) is 0. The van der Waals surface area contributed by atoms with Gasteiger partial charge in [-0.25, -0.2) is 9.78 Å². The van der Waals surface area contributed by atoms with Gasteiger partial charge in [-0.3, -0.25) is 54.8 Å². The van der Waals surface area contributed by atoms with Crippen LogP contribution in [0.4, 0.5) is 27.5 Å². The number of fused-ring (bicyclic) bond motifs is 7. The maximum Gasteiger partial charge on any atom is 0.350 e. The molecule has 0 fully saturated rings. The molecule has 7 rings (SSSR count). The van der Waals surface area contributed by atoms with Crippen molar-refractivity contribution in [3.8, 4) is 28.3 Å². The van der Waals surface area contributed by atoms with Gasteiger partial charge in [-0.05, 0) is 43.7 Å². The first-order valence-corrected chi connectivity index (χ1v) is 17.9. The van der Waals surface area contributed by atoms with Crippen molar-refractivity contribution in [1.29, 1.82) is 0 Å². The molecule has 1 aliphatic carbocycles. The lowest BCUT2D eigenvalue weighted by Crippen LogP contribution is -2.29. The van der Waals surface area contributed by atoms with Gasteiger partial charge in [0.25, 0.3) is 34.8 Å². The fourth-order valence-corrected chi connectivity index (χ4v) is 7.19. The lowest BCUT2D eigenvalue weighted by atomic mass is 10.00. The van der Waals surface area contributed by atoms with Crippen molar-refractivity contribution in [2.45, 2.75) is 45.6 Å². The average molecular weight is 835 g/mol. The third-order valence-corrected chi connectivity index (χ3v) is 9.82. The predicted octanol–water partition coefficient (Wildman–Crippen LogP) is 4.70. The highest BCUT2D eigenvalue weighted by molar-refractivity contribution is 6.55. The molecule has 0 unspecified atom stereocenters. The molecule has 0 bridgehead atoms. The number of rotatable bonds is 14. The van der Waals surface area contributed by atoms with Crippen molar-refractivity contribution in [2.24, 2.45) is 5.16 Å². The van der Waals surface area contributed by atoms with Crippen LogP contribution in [0.25, 0.3) is 33.4 Å². The molecule has 0 amide bonds. The van der Waals surface area contributed by atoms with Crippen LogP contribution in [0.3, 0.4) is 0 Å². The molecule has 308 valence electrons. The van der Waals surface area contributed by atoms with Gasteiger partial charge in [-0.15, -0.1) is 0 Å². The first kappa shape index (κ1) is 40.8. The van der Waals surface area contributed by atoms with Crippen LogP contribution in [0.5, 0.6) is 5.75 Å². The summed E-state index contributed by atoms with van der Waals surface area (Å²) in [6, 6.07) is 11.0. The lowest BCUT2D eigenvalue weighted by Gasteiger charge is -2.22. The molecule has 0 saturated carbocycles. The Morgan fingerprint density at radius 3 is 2.08 bits per heavy atom. The van der Waals surface area contributed by atoms with Gasteiger partial charge >= 0.3 is 5.97 Å². The summed E-state index contributed by atoms with van der Waals surface area (Å²) in [4.78, 5) is 105. The number of benzene rings is 3. The maximum atomic E-state index is 14.0. The summed E-state index contributed by atoms with van der Waals surface area (Å²) in [6.45, 7) is 2.52. The molecular weight excluding hydrogens is 809 g/mol. The number of nitro benzene ring substituents is 4. The minimum Gasteiger partial charge on any atom is -0.463 e. The highest BCUT2D eigenvalue weighted by Gasteiger charge is 2.42. The molecule has 5 aromatic rings. The Balaban J connectivity index is 1.25. The van der Waals surface area contributed by atoms with Gasteiger partial charge in [0.2, 0.25) is 19.8 Å². The van der Waals surface area contributed by atoms with Crippen molar-refractivity contribution < 1.29 is 53.1 Å². The Hall–Kier alpha value is -8.44. The molecular formula is C37H26BN7O16. The van der Waals surface area contributed by atoms with E-state index in [0.29, 0.717) is 45.7 Å². The predicted molar refractivity (Wildman–Crippen MR) is 210 cm³/mol. The van der Waals surface area contributed by atoms with E-state index < -0.39 is 107 Å². The van der Waals surface area contributed by atoms with Crippen molar-refractivity contribution >= 4 is 65.5 Å². The normalized spacial score (nSPS) is 12.9. The number of hydrogen-bond acceptors (Lipinski definition) is 18. The zero-order valence-electron chi connectivity index (χ0n) is 31.7.